The van der Waals surface area contributed by atoms with Gasteiger partial charge in [0.25, 0.3) is 5.91 Å². The summed E-state index contributed by atoms with van der Waals surface area (Å²) in [6, 6.07) is 10.4. The minimum Gasteiger partial charge on any atom is -0.457 e. The molecule has 30 heavy (non-hydrogen) atoms. The molecule has 1 saturated heterocycles. The first-order valence-corrected chi connectivity index (χ1v) is 10.3. The molecule has 1 aliphatic heterocycles. The van der Waals surface area contributed by atoms with Gasteiger partial charge in [0.1, 0.15) is 17.2 Å². The Labute approximate surface area is 171 Å². The van der Waals surface area contributed by atoms with Crippen LogP contribution in [0.3, 0.4) is 0 Å². The van der Waals surface area contributed by atoms with Gasteiger partial charge in [-0.15, -0.1) is 0 Å². The van der Waals surface area contributed by atoms with E-state index in [1.807, 2.05) is 0 Å². The fourth-order valence-electron chi connectivity index (χ4n) is 2.97. The first-order valence-electron chi connectivity index (χ1n) is 8.77. The van der Waals surface area contributed by atoms with Gasteiger partial charge in [0.15, 0.2) is 0 Å². The molecule has 3 amide bonds. The number of hydrogen-bond acceptors (Lipinski definition) is 6. The highest BCUT2D eigenvalue weighted by Crippen LogP contribution is 2.25. The third-order valence-corrected chi connectivity index (χ3v) is 5.51. The molecule has 0 bridgehead atoms. The van der Waals surface area contributed by atoms with Crippen molar-refractivity contribution in [3.63, 3.8) is 0 Å². The maximum atomic E-state index is 12.6. The number of rotatable bonds is 5. The summed E-state index contributed by atoms with van der Waals surface area (Å²) in [6.45, 7) is 0.0955. The van der Waals surface area contributed by atoms with Crippen LogP contribution in [0.15, 0.2) is 63.7 Å². The van der Waals surface area contributed by atoms with Crippen molar-refractivity contribution in [2.45, 2.75) is 11.4 Å². The van der Waals surface area contributed by atoms with Crippen molar-refractivity contribution < 1.29 is 22.4 Å². The standard InChI is InChI=1S/C19H17N5O5S/c1-23-13(8-9-21-23)11-24-18(25)16(22-19(24)26)10-14-4-7-17(29-14)12-2-5-15(6-3-12)30(20,27)28/h2-10H,11H2,1H3,(H,22,26)(H2,20,27,28)/b16-10+. The number of nitrogens with two attached hydrogens (primary N) is 1. The van der Waals surface area contributed by atoms with Crippen LogP contribution in [0.25, 0.3) is 17.4 Å². The Morgan fingerprint density at radius 1 is 1.13 bits per heavy atom. The van der Waals surface area contributed by atoms with E-state index in [2.05, 4.69) is 10.4 Å². The molecule has 0 radical (unpaired) electrons. The fourth-order valence-corrected chi connectivity index (χ4v) is 3.49. The number of primary sulfonamides is 1. The molecule has 3 N–H and O–H groups in total. The van der Waals surface area contributed by atoms with Gasteiger partial charge in [0.05, 0.1) is 17.1 Å². The van der Waals surface area contributed by atoms with Gasteiger partial charge in [-0.1, -0.05) is 0 Å². The Morgan fingerprint density at radius 3 is 2.50 bits per heavy atom. The molecule has 11 heteroatoms. The van der Waals surface area contributed by atoms with Crippen molar-refractivity contribution in [3.05, 3.63) is 65.8 Å². The predicted octanol–water partition coefficient (Wildman–Crippen LogP) is 1.42. The predicted molar refractivity (Wildman–Crippen MR) is 106 cm³/mol. The van der Waals surface area contributed by atoms with Crippen LogP contribution in [-0.4, -0.2) is 35.0 Å². The minimum atomic E-state index is -3.78. The van der Waals surface area contributed by atoms with Gasteiger partial charge >= 0.3 is 6.03 Å². The largest absolute Gasteiger partial charge is 0.457 e. The third-order valence-electron chi connectivity index (χ3n) is 4.59. The van der Waals surface area contributed by atoms with Crippen LogP contribution < -0.4 is 10.5 Å². The number of nitrogens with zero attached hydrogens (tertiary/aromatic N) is 3. The molecule has 2 aromatic heterocycles. The van der Waals surface area contributed by atoms with E-state index < -0.39 is 22.0 Å². The maximum Gasteiger partial charge on any atom is 0.329 e. The Bertz CT molecular complexity index is 1270. The molecular weight excluding hydrogens is 410 g/mol. The number of carbonyl (C=O) groups is 2. The molecular formula is C19H17N5O5S. The second-order valence-corrected chi connectivity index (χ2v) is 8.16. The third kappa shape index (κ3) is 3.75. The summed E-state index contributed by atoms with van der Waals surface area (Å²) in [5.74, 6) is 0.342. The Balaban J connectivity index is 1.53. The highest BCUT2D eigenvalue weighted by atomic mass is 32.2. The molecule has 3 heterocycles. The van der Waals surface area contributed by atoms with Gasteiger partial charge in [-0.3, -0.25) is 14.4 Å². The molecule has 0 spiro atoms. The molecule has 1 aromatic carbocycles. The van der Waals surface area contributed by atoms with Crippen molar-refractivity contribution >= 4 is 28.0 Å². The second-order valence-electron chi connectivity index (χ2n) is 6.60. The highest BCUT2D eigenvalue weighted by Gasteiger charge is 2.34. The molecule has 1 fully saturated rings. The van der Waals surface area contributed by atoms with Gasteiger partial charge in [0, 0.05) is 24.9 Å². The van der Waals surface area contributed by atoms with Gasteiger partial charge < -0.3 is 9.73 Å². The van der Waals surface area contributed by atoms with Gasteiger partial charge in [-0.25, -0.2) is 18.4 Å². The average molecular weight is 427 g/mol. The van der Waals surface area contributed by atoms with E-state index in [1.54, 1.807) is 48.3 Å². The number of nitrogens with one attached hydrogen (secondary N) is 1. The number of urea groups is 1. The van der Waals surface area contributed by atoms with Crippen molar-refractivity contribution in [2.24, 2.45) is 12.2 Å². The number of amides is 3. The molecule has 154 valence electrons. The normalized spacial score (nSPS) is 15.8. The number of hydrogen-bond donors (Lipinski definition) is 2. The van der Waals surface area contributed by atoms with Crippen LogP contribution in [0.4, 0.5) is 4.79 Å². The number of benzene rings is 1. The first-order chi connectivity index (χ1) is 14.2. The van der Waals surface area contributed by atoms with Gasteiger partial charge in [0.2, 0.25) is 10.0 Å². The van der Waals surface area contributed by atoms with Gasteiger partial charge in [-0.05, 0) is 42.5 Å². The van der Waals surface area contributed by atoms with E-state index >= 15 is 0 Å². The topological polar surface area (TPSA) is 141 Å². The fraction of sp³-hybridized carbons (Fsp3) is 0.105. The van der Waals surface area contributed by atoms with Crippen LogP contribution in [0, 0.1) is 0 Å². The van der Waals surface area contributed by atoms with E-state index in [1.165, 1.54) is 18.2 Å². The van der Waals surface area contributed by atoms with Gasteiger partial charge in [-0.2, -0.15) is 5.10 Å². The number of furan rings is 1. The molecule has 0 aliphatic carbocycles. The number of aromatic nitrogens is 2. The average Bonchev–Trinajstić information content (AvgIpc) is 3.39. The molecule has 4 rings (SSSR count). The summed E-state index contributed by atoms with van der Waals surface area (Å²) < 4.78 is 30.0. The lowest BCUT2D eigenvalue weighted by Crippen LogP contribution is -2.31. The summed E-state index contributed by atoms with van der Waals surface area (Å²) in [7, 11) is -2.05. The quantitative estimate of drug-likeness (QED) is 0.466. The van der Waals surface area contributed by atoms with Crippen LogP contribution in [0.2, 0.25) is 0 Å². The first kappa shape index (κ1) is 19.6. The molecule has 0 atom stereocenters. The highest BCUT2D eigenvalue weighted by molar-refractivity contribution is 7.89. The van der Waals surface area contributed by atoms with Crippen LogP contribution in [0.5, 0.6) is 0 Å². The van der Waals surface area contributed by atoms with E-state index in [9.17, 15) is 18.0 Å². The minimum absolute atomic E-state index is 0.00655. The zero-order chi connectivity index (χ0) is 21.5. The molecule has 0 unspecified atom stereocenters. The van der Waals surface area contributed by atoms with Crippen molar-refractivity contribution in [1.82, 2.24) is 20.0 Å². The van der Waals surface area contributed by atoms with E-state index in [-0.39, 0.29) is 17.1 Å². The SMILES string of the molecule is Cn1nccc1CN1C(=O)N/C(=C/c2ccc(-c3ccc(S(N)(=O)=O)cc3)o2)C1=O. The summed E-state index contributed by atoms with van der Waals surface area (Å²) >= 11 is 0. The maximum absolute atomic E-state index is 12.6. The number of aryl methyl sites for hydroxylation is 1. The van der Waals surface area contributed by atoms with Crippen molar-refractivity contribution in [2.75, 3.05) is 0 Å². The van der Waals surface area contributed by atoms with Crippen molar-refractivity contribution in [3.8, 4) is 11.3 Å². The summed E-state index contributed by atoms with van der Waals surface area (Å²) in [5.41, 5.74) is 1.43. The molecule has 0 saturated carbocycles. The van der Waals surface area contributed by atoms with E-state index in [0.717, 1.165) is 4.90 Å². The van der Waals surface area contributed by atoms with Crippen LogP contribution >= 0.6 is 0 Å². The Hall–Kier alpha value is -3.70. The second kappa shape index (κ2) is 7.28. The Kier molecular flexibility index (Phi) is 4.76. The smallest absolute Gasteiger partial charge is 0.329 e. The number of carbonyl (C=O) groups excluding carboxylic acids is 2. The molecule has 10 nitrogen and oxygen atoms in total. The van der Waals surface area contributed by atoms with E-state index in [0.29, 0.717) is 22.8 Å². The van der Waals surface area contributed by atoms with Crippen LogP contribution in [-0.2, 0) is 28.4 Å². The zero-order valence-electron chi connectivity index (χ0n) is 15.8. The lowest BCUT2D eigenvalue weighted by molar-refractivity contribution is -0.123. The summed E-state index contributed by atoms with van der Waals surface area (Å²) in [4.78, 5) is 25.9. The number of imide groups is 1. The summed E-state index contributed by atoms with van der Waals surface area (Å²) in [6.07, 6.45) is 3.02. The Morgan fingerprint density at radius 2 is 1.87 bits per heavy atom. The molecule has 1 aliphatic rings. The van der Waals surface area contributed by atoms with Crippen molar-refractivity contribution in [1.29, 1.82) is 0 Å². The lowest BCUT2D eigenvalue weighted by Gasteiger charge is -2.11. The lowest BCUT2D eigenvalue weighted by atomic mass is 10.2. The monoisotopic (exact) mass is 427 g/mol. The van der Waals surface area contributed by atoms with Crippen LogP contribution in [0.1, 0.15) is 11.5 Å². The number of sulfonamides is 1. The molecule has 3 aromatic rings. The zero-order valence-corrected chi connectivity index (χ0v) is 16.6. The summed E-state index contributed by atoms with van der Waals surface area (Å²) in [5, 5.41) is 11.7. The van der Waals surface area contributed by atoms with E-state index in [4.69, 9.17) is 9.56 Å².